The molecule has 7 heteroatoms. The van der Waals surface area contributed by atoms with E-state index in [2.05, 4.69) is 10.3 Å². The van der Waals surface area contributed by atoms with Gasteiger partial charge in [0.25, 0.3) is 0 Å². The SMILES string of the molecule is O=C(Nc1nc(-c2cc(Cl)ccc2Cl)cs1)C1C[C@H]2CCC[C@@H](C1)C2=O. The Labute approximate surface area is 165 Å². The number of amides is 1. The van der Waals surface area contributed by atoms with Crippen LogP contribution >= 0.6 is 34.5 Å². The second-order valence-electron chi connectivity index (χ2n) is 7.05. The molecule has 1 amide bonds. The monoisotopic (exact) mass is 408 g/mol. The van der Waals surface area contributed by atoms with Crippen molar-refractivity contribution in [2.24, 2.45) is 17.8 Å². The van der Waals surface area contributed by atoms with Gasteiger partial charge in [0, 0.05) is 33.7 Å². The third-order valence-electron chi connectivity index (χ3n) is 5.36. The molecule has 2 fully saturated rings. The molecule has 2 aliphatic rings. The van der Waals surface area contributed by atoms with Gasteiger partial charge in [-0.2, -0.15) is 0 Å². The number of hydrogen-bond donors (Lipinski definition) is 1. The second kappa shape index (κ2) is 7.29. The first-order valence-corrected chi connectivity index (χ1v) is 10.4. The number of carbonyl (C=O) groups is 2. The number of benzene rings is 1. The van der Waals surface area contributed by atoms with Gasteiger partial charge in [0.05, 0.1) is 10.7 Å². The van der Waals surface area contributed by atoms with E-state index in [4.69, 9.17) is 23.2 Å². The second-order valence-corrected chi connectivity index (χ2v) is 8.75. The van der Waals surface area contributed by atoms with Crippen LogP contribution in [0.15, 0.2) is 23.6 Å². The fraction of sp³-hybridized carbons (Fsp3) is 0.421. The van der Waals surface area contributed by atoms with Crippen LogP contribution in [0.2, 0.25) is 10.0 Å². The third kappa shape index (κ3) is 3.53. The number of Topliss-reactive ketones (excluding diaryl/α,β-unsaturated/α-hetero) is 1. The van der Waals surface area contributed by atoms with Crippen molar-refractivity contribution < 1.29 is 9.59 Å². The number of rotatable bonds is 3. The molecule has 0 aliphatic heterocycles. The van der Waals surface area contributed by atoms with Gasteiger partial charge in [-0.3, -0.25) is 9.59 Å². The zero-order valence-electron chi connectivity index (χ0n) is 14.0. The maximum atomic E-state index is 12.7. The average Bonchev–Trinajstić information content (AvgIpc) is 3.05. The number of fused-ring (bicyclic) bond motifs is 2. The molecular formula is C19H18Cl2N2O2S. The van der Waals surface area contributed by atoms with E-state index in [1.54, 1.807) is 18.2 Å². The van der Waals surface area contributed by atoms with Crippen molar-refractivity contribution in [3.05, 3.63) is 33.6 Å². The Morgan fingerprint density at radius 3 is 2.65 bits per heavy atom. The van der Waals surface area contributed by atoms with Gasteiger partial charge in [-0.25, -0.2) is 4.98 Å². The van der Waals surface area contributed by atoms with Crippen LogP contribution in [0.5, 0.6) is 0 Å². The Morgan fingerprint density at radius 1 is 1.19 bits per heavy atom. The number of nitrogens with zero attached hydrogens (tertiary/aromatic N) is 1. The summed E-state index contributed by atoms with van der Waals surface area (Å²) in [5.74, 6) is 0.357. The van der Waals surface area contributed by atoms with Crippen molar-refractivity contribution in [3.63, 3.8) is 0 Å². The first-order valence-electron chi connectivity index (χ1n) is 8.77. The summed E-state index contributed by atoms with van der Waals surface area (Å²) in [4.78, 5) is 29.3. The molecule has 1 unspecified atom stereocenters. The van der Waals surface area contributed by atoms with E-state index in [0.717, 1.165) is 24.8 Å². The van der Waals surface area contributed by atoms with Crippen molar-refractivity contribution in [1.82, 2.24) is 4.98 Å². The highest BCUT2D eigenvalue weighted by Gasteiger charge is 2.41. The molecule has 2 saturated carbocycles. The lowest BCUT2D eigenvalue weighted by Gasteiger charge is -2.36. The molecule has 1 heterocycles. The summed E-state index contributed by atoms with van der Waals surface area (Å²) in [7, 11) is 0. The molecule has 0 radical (unpaired) electrons. The Balaban J connectivity index is 1.47. The fourth-order valence-corrected chi connectivity index (χ4v) is 5.15. The van der Waals surface area contributed by atoms with E-state index < -0.39 is 0 Å². The maximum absolute atomic E-state index is 12.7. The molecule has 1 aromatic heterocycles. The van der Waals surface area contributed by atoms with Crippen molar-refractivity contribution >= 4 is 51.4 Å². The van der Waals surface area contributed by atoms with Gasteiger partial charge < -0.3 is 5.32 Å². The van der Waals surface area contributed by atoms with Crippen LogP contribution < -0.4 is 5.32 Å². The van der Waals surface area contributed by atoms with Crippen LogP contribution in [-0.2, 0) is 9.59 Å². The van der Waals surface area contributed by atoms with Gasteiger partial charge in [-0.15, -0.1) is 11.3 Å². The van der Waals surface area contributed by atoms with E-state index in [1.165, 1.54) is 11.3 Å². The Hall–Kier alpha value is -1.43. The molecule has 3 atom stereocenters. The van der Waals surface area contributed by atoms with E-state index in [1.807, 2.05) is 5.38 Å². The van der Waals surface area contributed by atoms with E-state index in [0.29, 0.717) is 39.5 Å². The Bertz CT molecular complexity index is 851. The first-order chi connectivity index (χ1) is 12.5. The normalized spacial score (nSPS) is 25.2. The molecule has 2 aromatic rings. The summed E-state index contributed by atoms with van der Waals surface area (Å²) in [6.07, 6.45) is 4.28. The molecule has 2 bridgehead atoms. The summed E-state index contributed by atoms with van der Waals surface area (Å²) in [6.45, 7) is 0. The largest absolute Gasteiger partial charge is 0.302 e. The van der Waals surface area contributed by atoms with Crippen LogP contribution in [0.1, 0.15) is 32.1 Å². The third-order valence-corrected chi connectivity index (χ3v) is 6.68. The number of nitrogens with one attached hydrogen (secondary N) is 1. The Kier molecular flexibility index (Phi) is 5.04. The summed E-state index contributed by atoms with van der Waals surface area (Å²) >= 11 is 13.6. The number of halogens is 2. The minimum Gasteiger partial charge on any atom is -0.302 e. The van der Waals surface area contributed by atoms with Crippen molar-refractivity contribution in [2.45, 2.75) is 32.1 Å². The molecule has 136 valence electrons. The lowest BCUT2D eigenvalue weighted by atomic mass is 9.67. The number of carbonyl (C=O) groups excluding carboxylic acids is 2. The van der Waals surface area contributed by atoms with Gasteiger partial charge in [-0.1, -0.05) is 29.6 Å². The molecular weight excluding hydrogens is 391 g/mol. The smallest absolute Gasteiger partial charge is 0.229 e. The fourth-order valence-electron chi connectivity index (χ4n) is 4.05. The topological polar surface area (TPSA) is 59.1 Å². The molecule has 0 spiro atoms. The lowest BCUT2D eigenvalue weighted by molar-refractivity contribution is -0.136. The van der Waals surface area contributed by atoms with E-state index in [-0.39, 0.29) is 23.7 Å². The first kappa shape index (κ1) is 18.0. The molecule has 4 rings (SSSR count). The van der Waals surface area contributed by atoms with Crippen LogP contribution in [0.3, 0.4) is 0 Å². The predicted octanol–water partition coefficient (Wildman–Crippen LogP) is 5.45. The maximum Gasteiger partial charge on any atom is 0.229 e. The van der Waals surface area contributed by atoms with E-state index >= 15 is 0 Å². The summed E-state index contributed by atoms with van der Waals surface area (Å²) in [5, 5.41) is 6.47. The minimum absolute atomic E-state index is 0.0347. The van der Waals surface area contributed by atoms with Gasteiger partial charge in [0.2, 0.25) is 5.91 Å². The van der Waals surface area contributed by atoms with Crippen molar-refractivity contribution in [1.29, 1.82) is 0 Å². The molecule has 2 aliphatic carbocycles. The highest BCUT2D eigenvalue weighted by molar-refractivity contribution is 7.14. The molecule has 26 heavy (non-hydrogen) atoms. The van der Waals surface area contributed by atoms with Crippen LogP contribution in [0.25, 0.3) is 11.3 Å². The summed E-state index contributed by atoms with van der Waals surface area (Å²) in [5.41, 5.74) is 1.43. The standard InChI is InChI=1S/C19H18Cl2N2O2S/c20-13-4-5-15(21)14(8-13)16-9-26-19(22-16)23-18(25)12-6-10-2-1-3-11(7-12)17(10)24/h4-5,8-12H,1-3,6-7H2,(H,22,23,25)/t10-,11+,12?. The zero-order chi connectivity index (χ0) is 18.3. The number of hydrogen-bond acceptors (Lipinski definition) is 4. The van der Waals surface area contributed by atoms with Crippen LogP contribution in [-0.4, -0.2) is 16.7 Å². The molecule has 1 N–H and O–H groups in total. The van der Waals surface area contributed by atoms with E-state index in [9.17, 15) is 9.59 Å². The van der Waals surface area contributed by atoms with Gasteiger partial charge >= 0.3 is 0 Å². The lowest BCUT2D eigenvalue weighted by Crippen LogP contribution is -2.40. The van der Waals surface area contributed by atoms with Crippen LogP contribution in [0.4, 0.5) is 5.13 Å². The number of thiazole rings is 1. The quantitative estimate of drug-likeness (QED) is 0.733. The van der Waals surface area contributed by atoms with Crippen molar-refractivity contribution in [3.8, 4) is 11.3 Å². The molecule has 4 nitrogen and oxygen atoms in total. The Morgan fingerprint density at radius 2 is 1.92 bits per heavy atom. The van der Waals surface area contributed by atoms with Gasteiger partial charge in [-0.05, 0) is 43.9 Å². The van der Waals surface area contributed by atoms with Crippen LogP contribution in [0, 0.1) is 17.8 Å². The number of anilines is 1. The average molecular weight is 409 g/mol. The molecule has 1 aromatic carbocycles. The zero-order valence-corrected chi connectivity index (χ0v) is 16.3. The van der Waals surface area contributed by atoms with Crippen molar-refractivity contribution in [2.75, 3.05) is 5.32 Å². The predicted molar refractivity (Wildman–Crippen MR) is 105 cm³/mol. The number of aromatic nitrogens is 1. The summed E-state index contributed by atoms with van der Waals surface area (Å²) < 4.78 is 0. The molecule has 0 saturated heterocycles. The highest BCUT2D eigenvalue weighted by Crippen LogP contribution is 2.40. The summed E-state index contributed by atoms with van der Waals surface area (Å²) in [6, 6.07) is 5.22. The number of ketones is 1. The minimum atomic E-state index is -0.106. The van der Waals surface area contributed by atoms with Gasteiger partial charge in [0.1, 0.15) is 5.78 Å². The van der Waals surface area contributed by atoms with Gasteiger partial charge in [0.15, 0.2) is 5.13 Å². The highest BCUT2D eigenvalue weighted by atomic mass is 35.5.